The molecule has 0 aliphatic carbocycles. The van der Waals surface area contributed by atoms with E-state index in [0.717, 1.165) is 0 Å². The van der Waals surface area contributed by atoms with E-state index in [1.807, 2.05) is 0 Å². The standard InChI is InChI=1S/C16H19BrN2O6/c1-23-10(20)4-6-16(7-5-11(21)24-2)12-13(25-3)9(17)8-18-14(12)19-15(16)22/h8H,4-7H2,1-3H3,(H,18,19,22). The fraction of sp³-hybridized carbons (Fsp3) is 0.500. The zero-order valence-corrected chi connectivity index (χ0v) is 15.8. The van der Waals surface area contributed by atoms with Gasteiger partial charge in [0.1, 0.15) is 11.6 Å². The normalized spacial score (nSPS) is 14.5. The molecule has 1 aliphatic heterocycles. The number of rotatable bonds is 7. The van der Waals surface area contributed by atoms with Gasteiger partial charge in [0.15, 0.2) is 0 Å². The number of hydrogen-bond acceptors (Lipinski definition) is 7. The SMILES string of the molecule is COC(=O)CCC1(CCC(=O)OC)C(=O)Nc2ncc(Br)c(OC)c21. The van der Waals surface area contributed by atoms with Crippen LogP contribution in [0, 0.1) is 0 Å². The molecule has 9 heteroatoms. The van der Waals surface area contributed by atoms with Crippen LogP contribution in [-0.4, -0.2) is 44.2 Å². The van der Waals surface area contributed by atoms with Crippen molar-refractivity contribution in [2.24, 2.45) is 0 Å². The molecule has 1 aliphatic rings. The van der Waals surface area contributed by atoms with E-state index in [1.54, 1.807) is 0 Å². The molecule has 0 atom stereocenters. The number of carbonyl (C=O) groups is 3. The third kappa shape index (κ3) is 3.60. The fourth-order valence-corrected chi connectivity index (χ4v) is 3.45. The highest BCUT2D eigenvalue weighted by atomic mass is 79.9. The molecule has 1 aromatic heterocycles. The summed E-state index contributed by atoms with van der Waals surface area (Å²) in [4.78, 5) is 40.3. The Morgan fingerprint density at radius 2 is 1.72 bits per heavy atom. The summed E-state index contributed by atoms with van der Waals surface area (Å²) in [6, 6.07) is 0. The largest absolute Gasteiger partial charge is 0.495 e. The molecule has 0 bridgehead atoms. The third-order valence-electron chi connectivity index (χ3n) is 4.30. The lowest BCUT2D eigenvalue weighted by Crippen LogP contribution is -2.36. The Morgan fingerprint density at radius 1 is 1.16 bits per heavy atom. The minimum absolute atomic E-state index is 0.0141. The highest BCUT2D eigenvalue weighted by Crippen LogP contribution is 2.50. The number of esters is 2. The van der Waals surface area contributed by atoms with Crippen molar-refractivity contribution in [1.29, 1.82) is 0 Å². The maximum absolute atomic E-state index is 12.8. The van der Waals surface area contributed by atoms with Crippen LogP contribution >= 0.6 is 15.9 Å². The van der Waals surface area contributed by atoms with Crippen LogP contribution in [0.25, 0.3) is 0 Å². The minimum Gasteiger partial charge on any atom is -0.495 e. The first kappa shape index (κ1) is 19.2. The maximum atomic E-state index is 12.8. The summed E-state index contributed by atoms with van der Waals surface area (Å²) in [6.45, 7) is 0. The lowest BCUT2D eigenvalue weighted by molar-refractivity contribution is -0.141. The van der Waals surface area contributed by atoms with Gasteiger partial charge >= 0.3 is 11.9 Å². The summed E-state index contributed by atoms with van der Waals surface area (Å²) in [5, 5.41) is 2.72. The van der Waals surface area contributed by atoms with Crippen LogP contribution in [-0.2, 0) is 29.3 Å². The molecule has 8 nitrogen and oxygen atoms in total. The second kappa shape index (κ2) is 7.81. The van der Waals surface area contributed by atoms with E-state index in [9.17, 15) is 14.4 Å². The first-order chi connectivity index (χ1) is 11.9. The number of fused-ring (bicyclic) bond motifs is 1. The summed E-state index contributed by atoms with van der Waals surface area (Å²) in [7, 11) is 4.05. The average molecular weight is 415 g/mol. The van der Waals surface area contributed by atoms with E-state index in [0.29, 0.717) is 21.6 Å². The molecule has 2 heterocycles. The summed E-state index contributed by atoms with van der Waals surface area (Å²) in [6.07, 6.45) is 1.86. The second-order valence-corrected chi connectivity index (χ2v) is 6.41. The number of methoxy groups -OCH3 is 3. The van der Waals surface area contributed by atoms with Crippen molar-refractivity contribution in [3.05, 3.63) is 16.2 Å². The number of ether oxygens (including phenoxy) is 3. The Morgan fingerprint density at radius 3 is 2.20 bits per heavy atom. The number of pyridine rings is 1. The van der Waals surface area contributed by atoms with Crippen molar-refractivity contribution >= 4 is 39.6 Å². The van der Waals surface area contributed by atoms with Crippen molar-refractivity contribution in [2.75, 3.05) is 26.6 Å². The van der Waals surface area contributed by atoms with Crippen LogP contribution in [0.4, 0.5) is 5.82 Å². The van der Waals surface area contributed by atoms with Crippen LogP contribution < -0.4 is 10.1 Å². The molecular formula is C16H19BrN2O6. The number of halogens is 1. The molecule has 1 aromatic rings. The van der Waals surface area contributed by atoms with E-state index in [2.05, 4.69) is 35.7 Å². The smallest absolute Gasteiger partial charge is 0.305 e. The summed E-state index contributed by atoms with van der Waals surface area (Å²) in [5.74, 6) is -0.418. The lowest BCUT2D eigenvalue weighted by Gasteiger charge is -2.28. The number of nitrogens with one attached hydrogen (secondary N) is 1. The summed E-state index contributed by atoms with van der Waals surface area (Å²) in [5.41, 5.74) is -0.609. The predicted molar refractivity (Wildman–Crippen MR) is 91.3 cm³/mol. The number of hydrogen-bond donors (Lipinski definition) is 1. The predicted octanol–water partition coefficient (Wildman–Crippen LogP) is 1.95. The minimum atomic E-state index is -1.14. The molecular weight excluding hydrogens is 396 g/mol. The molecule has 25 heavy (non-hydrogen) atoms. The molecule has 136 valence electrons. The van der Waals surface area contributed by atoms with E-state index < -0.39 is 17.4 Å². The van der Waals surface area contributed by atoms with Crippen LogP contribution in [0.1, 0.15) is 31.2 Å². The van der Waals surface area contributed by atoms with Crippen molar-refractivity contribution in [1.82, 2.24) is 4.98 Å². The van der Waals surface area contributed by atoms with Gasteiger partial charge < -0.3 is 19.5 Å². The van der Waals surface area contributed by atoms with Crippen molar-refractivity contribution in [3.8, 4) is 5.75 Å². The van der Waals surface area contributed by atoms with Gasteiger partial charge in [-0.15, -0.1) is 0 Å². The van der Waals surface area contributed by atoms with Crippen LogP contribution in [0.3, 0.4) is 0 Å². The third-order valence-corrected chi connectivity index (χ3v) is 4.87. The molecule has 0 fully saturated rings. The quantitative estimate of drug-likeness (QED) is 0.679. The van der Waals surface area contributed by atoms with Gasteiger partial charge in [-0.3, -0.25) is 14.4 Å². The lowest BCUT2D eigenvalue weighted by atomic mass is 9.74. The van der Waals surface area contributed by atoms with Gasteiger partial charge in [0.25, 0.3) is 0 Å². The second-order valence-electron chi connectivity index (χ2n) is 5.55. The Bertz CT molecular complexity index is 686. The van der Waals surface area contributed by atoms with E-state index in [1.165, 1.54) is 27.5 Å². The highest BCUT2D eigenvalue weighted by molar-refractivity contribution is 9.10. The number of amides is 1. The molecule has 0 saturated carbocycles. The van der Waals surface area contributed by atoms with Gasteiger partial charge in [-0.2, -0.15) is 0 Å². The number of nitrogens with zero attached hydrogens (tertiary/aromatic N) is 1. The topological polar surface area (TPSA) is 104 Å². The molecule has 0 saturated heterocycles. The Balaban J connectivity index is 2.51. The fourth-order valence-electron chi connectivity index (χ4n) is 2.99. The Kier molecular flexibility index (Phi) is 5.99. The zero-order valence-electron chi connectivity index (χ0n) is 14.2. The first-order valence-corrected chi connectivity index (χ1v) is 8.37. The summed E-state index contributed by atoms with van der Waals surface area (Å²) >= 11 is 3.36. The molecule has 1 amide bonds. The highest BCUT2D eigenvalue weighted by Gasteiger charge is 2.50. The van der Waals surface area contributed by atoms with E-state index in [-0.39, 0.29) is 31.6 Å². The molecule has 1 N–H and O–H groups in total. The number of anilines is 1. The summed E-state index contributed by atoms with van der Waals surface area (Å²) < 4.78 is 15.4. The van der Waals surface area contributed by atoms with Gasteiger partial charge in [-0.25, -0.2) is 4.98 Å². The van der Waals surface area contributed by atoms with Crippen molar-refractivity contribution in [2.45, 2.75) is 31.1 Å². The number of carbonyl (C=O) groups excluding carboxylic acids is 3. The number of aromatic nitrogens is 1. The molecule has 0 radical (unpaired) electrons. The van der Waals surface area contributed by atoms with Crippen molar-refractivity contribution in [3.63, 3.8) is 0 Å². The van der Waals surface area contributed by atoms with Crippen LogP contribution in [0.15, 0.2) is 10.7 Å². The van der Waals surface area contributed by atoms with Gasteiger partial charge in [-0.1, -0.05) is 0 Å². The Labute approximate surface area is 153 Å². The first-order valence-electron chi connectivity index (χ1n) is 7.57. The van der Waals surface area contributed by atoms with Gasteiger partial charge in [0, 0.05) is 19.0 Å². The maximum Gasteiger partial charge on any atom is 0.305 e. The zero-order chi connectivity index (χ0) is 18.6. The molecule has 0 unspecified atom stereocenters. The molecule has 2 rings (SSSR count). The average Bonchev–Trinajstić information content (AvgIpc) is 2.89. The van der Waals surface area contributed by atoms with Crippen molar-refractivity contribution < 1.29 is 28.6 Å². The van der Waals surface area contributed by atoms with Gasteiger partial charge in [0.05, 0.1) is 36.8 Å². The van der Waals surface area contributed by atoms with E-state index >= 15 is 0 Å². The van der Waals surface area contributed by atoms with Gasteiger partial charge in [-0.05, 0) is 28.8 Å². The van der Waals surface area contributed by atoms with Crippen LogP contribution in [0.2, 0.25) is 0 Å². The van der Waals surface area contributed by atoms with Crippen LogP contribution in [0.5, 0.6) is 5.75 Å². The Hall–Kier alpha value is -2.16. The monoisotopic (exact) mass is 414 g/mol. The van der Waals surface area contributed by atoms with Gasteiger partial charge in [0.2, 0.25) is 5.91 Å². The van der Waals surface area contributed by atoms with E-state index in [4.69, 9.17) is 4.74 Å². The molecule has 0 spiro atoms. The molecule has 0 aromatic carbocycles.